The third-order valence-corrected chi connectivity index (χ3v) is 7.58. The topological polar surface area (TPSA) is 72.0 Å². The molecule has 1 saturated heterocycles. The lowest BCUT2D eigenvalue weighted by atomic mass is 10.1. The number of fused-ring (bicyclic) bond motifs is 1. The summed E-state index contributed by atoms with van der Waals surface area (Å²) < 4.78 is 37.9. The molecule has 0 aliphatic carbocycles. The highest BCUT2D eigenvalue weighted by atomic mass is 32.2. The van der Waals surface area contributed by atoms with Crippen LogP contribution in [-0.4, -0.2) is 65.2 Å². The van der Waals surface area contributed by atoms with Gasteiger partial charge in [0.2, 0.25) is 9.84 Å². The predicted molar refractivity (Wildman–Crippen MR) is 121 cm³/mol. The molecule has 164 valence electrons. The van der Waals surface area contributed by atoms with E-state index in [1.807, 2.05) is 18.2 Å². The van der Waals surface area contributed by atoms with Gasteiger partial charge in [-0.15, -0.1) is 0 Å². The average molecular weight is 442 g/mol. The number of benzene rings is 2. The van der Waals surface area contributed by atoms with Gasteiger partial charge in [0.05, 0.1) is 30.3 Å². The van der Waals surface area contributed by atoms with Gasteiger partial charge in [0.15, 0.2) is 0 Å². The van der Waals surface area contributed by atoms with Crippen LogP contribution in [0.3, 0.4) is 0 Å². The van der Waals surface area contributed by atoms with Crippen LogP contribution in [0.15, 0.2) is 58.5 Å². The number of hydrogen-bond donors (Lipinski definition) is 0. The molecule has 7 nitrogen and oxygen atoms in total. The first kappa shape index (κ1) is 21.4. The smallest absolute Gasteiger partial charge is 0.210 e. The van der Waals surface area contributed by atoms with Crippen LogP contribution in [-0.2, 0) is 9.84 Å². The molecule has 0 N–H and O–H groups in total. The number of sulfone groups is 1. The van der Waals surface area contributed by atoms with Crippen LogP contribution in [0.5, 0.6) is 11.5 Å². The lowest BCUT2D eigenvalue weighted by Crippen LogP contribution is -2.46. The maximum Gasteiger partial charge on any atom is 0.210 e. The van der Waals surface area contributed by atoms with Crippen LogP contribution in [0.1, 0.15) is 6.92 Å². The summed E-state index contributed by atoms with van der Waals surface area (Å²) in [7, 11) is -0.631. The molecule has 1 aromatic heterocycles. The minimum Gasteiger partial charge on any atom is -0.497 e. The Balaban J connectivity index is 1.89. The molecule has 0 saturated carbocycles. The summed E-state index contributed by atoms with van der Waals surface area (Å²) in [4.78, 5) is 9.42. The fraction of sp³-hybridized carbons (Fsp3) is 0.348. The Kier molecular flexibility index (Phi) is 6.02. The second kappa shape index (κ2) is 8.72. The zero-order chi connectivity index (χ0) is 22.0. The number of nitrogens with zero attached hydrogens (tertiary/aromatic N) is 3. The largest absolute Gasteiger partial charge is 0.497 e. The third-order valence-electron chi connectivity index (χ3n) is 5.81. The van der Waals surface area contributed by atoms with Crippen molar-refractivity contribution in [1.82, 2.24) is 9.88 Å². The predicted octanol–water partition coefficient (Wildman–Crippen LogP) is 3.23. The van der Waals surface area contributed by atoms with E-state index in [-0.39, 0.29) is 9.79 Å². The highest BCUT2D eigenvalue weighted by Crippen LogP contribution is 2.38. The highest BCUT2D eigenvalue weighted by molar-refractivity contribution is 7.91. The van der Waals surface area contributed by atoms with E-state index >= 15 is 0 Å². The summed E-state index contributed by atoms with van der Waals surface area (Å²) in [5.74, 6) is 1.28. The van der Waals surface area contributed by atoms with Gasteiger partial charge in [0, 0.05) is 37.8 Å². The SMILES string of the molecule is CCN1CCN(c2c(S(=O)(=O)c3ccc(OC)cc3)cnc3ccc(OC)cc23)CC1. The van der Waals surface area contributed by atoms with Gasteiger partial charge in [-0.1, -0.05) is 6.92 Å². The Hall–Kier alpha value is -2.84. The number of anilines is 1. The first-order chi connectivity index (χ1) is 15.0. The molecule has 0 radical (unpaired) electrons. The molecule has 0 atom stereocenters. The van der Waals surface area contributed by atoms with E-state index in [2.05, 4.69) is 21.7 Å². The van der Waals surface area contributed by atoms with Crippen LogP contribution in [0, 0.1) is 0 Å². The lowest BCUT2D eigenvalue weighted by molar-refractivity contribution is 0.271. The van der Waals surface area contributed by atoms with Gasteiger partial charge < -0.3 is 19.3 Å². The van der Waals surface area contributed by atoms with Gasteiger partial charge in [0.1, 0.15) is 16.4 Å². The second-order valence-corrected chi connectivity index (χ2v) is 9.37. The zero-order valence-corrected chi connectivity index (χ0v) is 18.9. The highest BCUT2D eigenvalue weighted by Gasteiger charge is 2.28. The maximum atomic E-state index is 13.7. The van der Waals surface area contributed by atoms with Crippen molar-refractivity contribution in [3.63, 3.8) is 0 Å². The van der Waals surface area contributed by atoms with E-state index in [4.69, 9.17) is 9.47 Å². The molecule has 0 spiro atoms. The summed E-state index contributed by atoms with van der Waals surface area (Å²) in [5, 5.41) is 0.777. The van der Waals surface area contributed by atoms with Crippen molar-refractivity contribution in [3.05, 3.63) is 48.7 Å². The van der Waals surface area contributed by atoms with E-state index in [1.54, 1.807) is 38.5 Å². The van der Waals surface area contributed by atoms with Crippen molar-refractivity contribution in [3.8, 4) is 11.5 Å². The number of aromatic nitrogens is 1. The average Bonchev–Trinajstić information content (AvgIpc) is 2.83. The van der Waals surface area contributed by atoms with Crippen LogP contribution < -0.4 is 14.4 Å². The fourth-order valence-corrected chi connectivity index (χ4v) is 5.39. The first-order valence-corrected chi connectivity index (χ1v) is 11.8. The molecule has 1 aliphatic heterocycles. The summed E-state index contributed by atoms with van der Waals surface area (Å²) >= 11 is 0. The first-order valence-electron chi connectivity index (χ1n) is 10.3. The molecule has 1 fully saturated rings. The quantitative estimate of drug-likeness (QED) is 0.582. The Bertz CT molecular complexity index is 1170. The van der Waals surface area contributed by atoms with Gasteiger partial charge in [-0.3, -0.25) is 4.98 Å². The fourth-order valence-electron chi connectivity index (χ4n) is 3.96. The Morgan fingerprint density at radius 2 is 1.58 bits per heavy atom. The molecule has 31 heavy (non-hydrogen) atoms. The van der Waals surface area contributed by atoms with Crippen molar-refractivity contribution in [2.24, 2.45) is 0 Å². The molecular formula is C23H27N3O4S. The molecule has 2 heterocycles. The molecule has 4 rings (SSSR count). The van der Waals surface area contributed by atoms with Gasteiger partial charge in [-0.25, -0.2) is 8.42 Å². The molecular weight excluding hydrogens is 414 g/mol. The third kappa shape index (κ3) is 4.05. The van der Waals surface area contributed by atoms with Gasteiger partial charge in [-0.05, 0) is 49.0 Å². The van der Waals surface area contributed by atoms with Crippen molar-refractivity contribution in [2.45, 2.75) is 16.7 Å². The zero-order valence-electron chi connectivity index (χ0n) is 18.0. The minimum absolute atomic E-state index is 0.211. The number of piperazine rings is 1. The molecule has 0 bridgehead atoms. The summed E-state index contributed by atoms with van der Waals surface area (Å²) in [6.07, 6.45) is 1.48. The van der Waals surface area contributed by atoms with E-state index < -0.39 is 9.84 Å². The van der Waals surface area contributed by atoms with E-state index in [9.17, 15) is 8.42 Å². The number of pyridine rings is 1. The van der Waals surface area contributed by atoms with Gasteiger partial charge in [0.25, 0.3) is 0 Å². The minimum atomic E-state index is -3.79. The Labute approximate surface area is 183 Å². The van der Waals surface area contributed by atoms with Crippen molar-refractivity contribution in [1.29, 1.82) is 0 Å². The summed E-state index contributed by atoms with van der Waals surface area (Å²) in [6, 6.07) is 12.0. The molecule has 2 aromatic carbocycles. The molecule has 3 aromatic rings. The van der Waals surface area contributed by atoms with Crippen LogP contribution in [0.25, 0.3) is 10.9 Å². The van der Waals surface area contributed by atoms with Gasteiger partial charge >= 0.3 is 0 Å². The van der Waals surface area contributed by atoms with Gasteiger partial charge in [-0.2, -0.15) is 0 Å². The summed E-state index contributed by atoms with van der Waals surface area (Å²) in [6.45, 7) is 6.38. The molecule has 0 amide bonds. The number of likely N-dealkylation sites (N-methyl/N-ethyl adjacent to an activating group) is 1. The van der Waals surface area contributed by atoms with E-state index in [1.165, 1.54) is 6.20 Å². The Morgan fingerprint density at radius 1 is 0.935 bits per heavy atom. The monoisotopic (exact) mass is 441 g/mol. The van der Waals surface area contributed by atoms with Crippen molar-refractivity contribution >= 4 is 26.4 Å². The molecule has 0 unspecified atom stereocenters. The number of ether oxygens (including phenoxy) is 2. The maximum absolute atomic E-state index is 13.7. The van der Waals surface area contributed by atoms with E-state index in [0.29, 0.717) is 17.2 Å². The standard InChI is InChI=1S/C23H27N3O4S/c1-4-25-11-13-26(14-12-25)23-20-15-18(30-3)7-10-21(20)24-16-22(23)31(27,28)19-8-5-17(29-2)6-9-19/h5-10,15-16H,4,11-14H2,1-3H3. The van der Waals surface area contributed by atoms with Crippen molar-refractivity contribution in [2.75, 3.05) is 51.8 Å². The van der Waals surface area contributed by atoms with Crippen LogP contribution in [0.4, 0.5) is 5.69 Å². The number of rotatable bonds is 6. The normalized spacial score (nSPS) is 15.3. The number of methoxy groups -OCH3 is 2. The number of hydrogen-bond acceptors (Lipinski definition) is 7. The second-order valence-electron chi connectivity index (χ2n) is 7.45. The summed E-state index contributed by atoms with van der Waals surface area (Å²) in [5.41, 5.74) is 1.43. The van der Waals surface area contributed by atoms with Crippen LogP contribution in [0.2, 0.25) is 0 Å². The van der Waals surface area contributed by atoms with E-state index in [0.717, 1.165) is 43.6 Å². The molecule has 8 heteroatoms. The Morgan fingerprint density at radius 3 is 2.19 bits per heavy atom. The van der Waals surface area contributed by atoms with Crippen molar-refractivity contribution < 1.29 is 17.9 Å². The molecule has 1 aliphatic rings. The van der Waals surface area contributed by atoms with Crippen LogP contribution >= 0.6 is 0 Å². The lowest BCUT2D eigenvalue weighted by Gasteiger charge is -2.36.